The Morgan fingerprint density at radius 1 is 1.17 bits per heavy atom. The molecule has 0 saturated heterocycles. The van der Waals surface area contributed by atoms with Crippen LogP contribution < -0.4 is 5.56 Å². The van der Waals surface area contributed by atoms with Crippen LogP contribution in [0, 0.1) is 15.2 Å². The van der Waals surface area contributed by atoms with Gasteiger partial charge in [-0.15, -0.1) is 0 Å². The first-order chi connectivity index (χ1) is 8.56. The van der Waals surface area contributed by atoms with E-state index in [0.717, 1.165) is 0 Å². The Morgan fingerprint density at radius 2 is 1.78 bits per heavy atom. The van der Waals surface area contributed by atoms with Crippen LogP contribution in [-0.2, 0) is 6.54 Å². The molecule has 0 amide bonds. The molecule has 2 rings (SSSR count). The number of hydrogen-bond donors (Lipinski definition) is 0. The molecule has 1 aromatic carbocycles. The number of pyridine rings is 1. The molecule has 0 N–H and O–H groups in total. The molecule has 0 unspecified atom stereocenters. The van der Waals surface area contributed by atoms with Gasteiger partial charge in [0.15, 0.2) is 0 Å². The molecule has 0 bridgehead atoms. The summed E-state index contributed by atoms with van der Waals surface area (Å²) in [5, 5.41) is 0. The summed E-state index contributed by atoms with van der Waals surface area (Å²) in [5.74, 6) is -1.34. The number of aromatic nitrogens is 1. The van der Waals surface area contributed by atoms with Crippen molar-refractivity contribution >= 4 is 22.6 Å². The molecule has 2 nitrogen and oxygen atoms in total. The summed E-state index contributed by atoms with van der Waals surface area (Å²) in [6, 6.07) is 6.79. The van der Waals surface area contributed by atoms with E-state index < -0.39 is 11.6 Å². The van der Waals surface area contributed by atoms with Gasteiger partial charge in [-0.2, -0.15) is 0 Å². The van der Waals surface area contributed by atoms with Gasteiger partial charge in [0, 0.05) is 6.54 Å². The lowest BCUT2D eigenvalue weighted by atomic mass is 10.1. The van der Waals surface area contributed by atoms with Crippen LogP contribution in [-0.4, -0.2) is 4.57 Å². The fraction of sp³-hybridized carbons (Fsp3) is 0.154. The maximum absolute atomic E-state index is 13.7. The van der Waals surface area contributed by atoms with E-state index in [1.807, 2.05) is 22.6 Å². The monoisotopic (exact) mass is 361 g/mol. The highest BCUT2D eigenvalue weighted by atomic mass is 127. The van der Waals surface area contributed by atoms with Crippen molar-refractivity contribution in [2.75, 3.05) is 0 Å². The second-order valence-corrected chi connectivity index (χ2v) is 4.87. The summed E-state index contributed by atoms with van der Waals surface area (Å²) in [5.41, 5.74) is -0.135. The van der Waals surface area contributed by atoms with Gasteiger partial charge in [0.1, 0.15) is 11.6 Å². The van der Waals surface area contributed by atoms with Crippen LogP contribution >= 0.6 is 22.6 Å². The predicted octanol–water partition coefficient (Wildman–Crippen LogP) is 3.42. The van der Waals surface area contributed by atoms with Crippen molar-refractivity contribution in [2.45, 2.75) is 13.5 Å². The first-order valence-corrected chi connectivity index (χ1v) is 6.48. The van der Waals surface area contributed by atoms with E-state index in [-0.39, 0.29) is 16.8 Å². The van der Waals surface area contributed by atoms with E-state index in [1.165, 1.54) is 22.8 Å². The molecule has 94 valence electrons. The van der Waals surface area contributed by atoms with Gasteiger partial charge in [-0.05, 0) is 53.8 Å². The summed E-state index contributed by atoms with van der Waals surface area (Å²) in [7, 11) is 0. The molecule has 0 aliphatic rings. The molecule has 2 aromatic rings. The van der Waals surface area contributed by atoms with Crippen LogP contribution in [0.5, 0.6) is 0 Å². The number of hydrogen-bond acceptors (Lipinski definition) is 1. The number of rotatable bonds is 2. The van der Waals surface area contributed by atoms with Crippen LogP contribution in [0.1, 0.15) is 6.92 Å². The maximum atomic E-state index is 13.7. The van der Waals surface area contributed by atoms with Crippen molar-refractivity contribution in [3.63, 3.8) is 0 Å². The standard InChI is InChI=1S/C13H10F2INO/c1-2-17-11(7-6-10(16)13(17)18)12-8(14)4-3-5-9(12)15/h3-7H,2H2,1H3. The topological polar surface area (TPSA) is 22.0 Å². The Kier molecular flexibility index (Phi) is 3.79. The molecule has 1 heterocycles. The highest BCUT2D eigenvalue weighted by Crippen LogP contribution is 2.25. The fourth-order valence-electron chi connectivity index (χ4n) is 1.83. The minimum atomic E-state index is -0.669. The van der Waals surface area contributed by atoms with E-state index in [0.29, 0.717) is 10.1 Å². The Morgan fingerprint density at radius 3 is 2.33 bits per heavy atom. The third-order valence-corrected chi connectivity index (χ3v) is 3.48. The van der Waals surface area contributed by atoms with E-state index in [4.69, 9.17) is 0 Å². The maximum Gasteiger partial charge on any atom is 0.264 e. The SMILES string of the molecule is CCn1c(-c2c(F)cccc2F)ccc(I)c1=O. The lowest BCUT2D eigenvalue weighted by molar-refractivity contribution is 0.584. The smallest absolute Gasteiger partial charge is 0.264 e. The second kappa shape index (κ2) is 5.17. The summed E-state index contributed by atoms with van der Waals surface area (Å²) in [4.78, 5) is 11.9. The third kappa shape index (κ3) is 2.19. The number of benzene rings is 1. The molecular weight excluding hydrogens is 351 g/mol. The molecule has 18 heavy (non-hydrogen) atoms. The van der Waals surface area contributed by atoms with Crippen LogP contribution in [0.3, 0.4) is 0 Å². The molecule has 0 spiro atoms. The van der Waals surface area contributed by atoms with E-state index in [9.17, 15) is 13.6 Å². The van der Waals surface area contributed by atoms with Gasteiger partial charge in [-0.1, -0.05) is 6.07 Å². The first-order valence-electron chi connectivity index (χ1n) is 5.40. The lowest BCUT2D eigenvalue weighted by Gasteiger charge is -2.12. The van der Waals surface area contributed by atoms with Crippen LogP contribution in [0.4, 0.5) is 8.78 Å². The summed E-state index contributed by atoms with van der Waals surface area (Å²) in [6.45, 7) is 2.12. The van der Waals surface area contributed by atoms with Crippen molar-refractivity contribution in [1.29, 1.82) is 0 Å². The molecule has 0 radical (unpaired) electrons. The highest BCUT2D eigenvalue weighted by Gasteiger charge is 2.15. The van der Waals surface area contributed by atoms with Gasteiger partial charge < -0.3 is 4.57 Å². The molecule has 0 saturated carbocycles. The highest BCUT2D eigenvalue weighted by molar-refractivity contribution is 14.1. The average molecular weight is 361 g/mol. The summed E-state index contributed by atoms with van der Waals surface area (Å²) in [6.07, 6.45) is 0. The Hall–Kier alpha value is -1.24. The lowest BCUT2D eigenvalue weighted by Crippen LogP contribution is -2.23. The Labute approximate surface area is 116 Å². The van der Waals surface area contributed by atoms with Gasteiger partial charge in [0.25, 0.3) is 5.56 Å². The summed E-state index contributed by atoms with van der Waals surface area (Å²) >= 11 is 1.91. The molecule has 0 aliphatic heterocycles. The zero-order valence-corrected chi connectivity index (χ0v) is 11.7. The van der Waals surface area contributed by atoms with Crippen LogP contribution in [0.15, 0.2) is 35.1 Å². The van der Waals surface area contributed by atoms with Crippen LogP contribution in [0.25, 0.3) is 11.3 Å². The van der Waals surface area contributed by atoms with Crippen molar-refractivity contribution in [3.8, 4) is 11.3 Å². The number of halogens is 3. The van der Waals surface area contributed by atoms with Crippen molar-refractivity contribution < 1.29 is 8.78 Å². The largest absolute Gasteiger partial charge is 0.307 e. The van der Waals surface area contributed by atoms with Crippen LogP contribution in [0.2, 0.25) is 0 Å². The van der Waals surface area contributed by atoms with Gasteiger partial charge in [-0.3, -0.25) is 4.79 Å². The zero-order chi connectivity index (χ0) is 13.3. The van der Waals surface area contributed by atoms with E-state index in [1.54, 1.807) is 19.1 Å². The third-order valence-electron chi connectivity index (χ3n) is 2.66. The quantitative estimate of drug-likeness (QED) is 0.752. The Bertz CT molecular complexity index is 632. The van der Waals surface area contributed by atoms with Crippen molar-refractivity contribution in [3.05, 3.63) is 55.9 Å². The van der Waals surface area contributed by atoms with Crippen molar-refractivity contribution in [2.24, 2.45) is 0 Å². The summed E-state index contributed by atoms with van der Waals surface area (Å²) < 4.78 is 29.3. The number of nitrogens with zero attached hydrogens (tertiary/aromatic N) is 1. The molecule has 0 aliphatic carbocycles. The molecule has 0 fully saturated rings. The van der Waals surface area contributed by atoms with Gasteiger partial charge >= 0.3 is 0 Å². The molecule has 5 heteroatoms. The normalized spacial score (nSPS) is 10.7. The zero-order valence-electron chi connectivity index (χ0n) is 9.58. The minimum Gasteiger partial charge on any atom is -0.307 e. The minimum absolute atomic E-state index is 0.159. The van der Waals surface area contributed by atoms with Gasteiger partial charge in [0.2, 0.25) is 0 Å². The second-order valence-electron chi connectivity index (χ2n) is 3.71. The van der Waals surface area contributed by atoms with E-state index in [2.05, 4.69) is 0 Å². The molecule has 0 atom stereocenters. The molecule has 1 aromatic heterocycles. The van der Waals surface area contributed by atoms with Gasteiger partial charge in [-0.25, -0.2) is 8.78 Å². The van der Waals surface area contributed by atoms with E-state index >= 15 is 0 Å². The molecular formula is C13H10F2INO. The predicted molar refractivity (Wildman–Crippen MR) is 74.4 cm³/mol. The fourth-order valence-corrected chi connectivity index (χ4v) is 2.30. The average Bonchev–Trinajstić information content (AvgIpc) is 2.33. The first kappa shape index (κ1) is 13.2. The van der Waals surface area contributed by atoms with Gasteiger partial charge in [0.05, 0.1) is 14.8 Å². The Balaban J connectivity index is 2.80. The van der Waals surface area contributed by atoms with Crippen molar-refractivity contribution in [1.82, 2.24) is 4.57 Å².